The van der Waals surface area contributed by atoms with Gasteiger partial charge < -0.3 is 9.52 Å². The largest absolute Gasteiger partial charge is 0.443 e. The minimum absolute atomic E-state index is 0.0723. The molecule has 1 rings (SSSR count). The number of aliphatic hydroxyl groups is 1. The van der Waals surface area contributed by atoms with Crippen LogP contribution in [0, 0.1) is 5.41 Å². The van der Waals surface area contributed by atoms with Gasteiger partial charge in [-0.15, -0.1) is 0 Å². The van der Waals surface area contributed by atoms with Crippen molar-refractivity contribution in [1.82, 2.24) is 4.98 Å². The number of hydrogen-bond donors (Lipinski definition) is 1. The summed E-state index contributed by atoms with van der Waals surface area (Å²) in [6.45, 7) is 6.29. The Kier molecular flexibility index (Phi) is 2.52. The van der Waals surface area contributed by atoms with E-state index in [0.29, 0.717) is 11.7 Å². The van der Waals surface area contributed by atoms with Crippen molar-refractivity contribution in [2.75, 3.05) is 0 Å². The van der Waals surface area contributed by atoms with E-state index in [0.717, 1.165) is 6.42 Å². The van der Waals surface area contributed by atoms with Crippen molar-refractivity contribution < 1.29 is 9.52 Å². The van der Waals surface area contributed by atoms with Gasteiger partial charge in [0, 0.05) is 6.42 Å². The zero-order chi connectivity index (χ0) is 9.19. The lowest BCUT2D eigenvalue weighted by Gasteiger charge is -2.14. The minimum atomic E-state index is -0.0723. The van der Waals surface area contributed by atoms with Gasteiger partial charge in [-0.25, -0.2) is 4.98 Å². The van der Waals surface area contributed by atoms with E-state index in [1.54, 1.807) is 6.20 Å². The molecule has 3 nitrogen and oxygen atoms in total. The SMILES string of the molecule is CC(C)(C)Cc1ncc(CO)o1. The molecule has 0 aliphatic heterocycles. The molecule has 0 aliphatic carbocycles. The molecule has 0 aromatic carbocycles. The average molecular weight is 169 g/mol. The number of aliphatic hydroxyl groups excluding tert-OH is 1. The van der Waals surface area contributed by atoms with Crippen LogP contribution in [0.25, 0.3) is 0 Å². The fourth-order valence-corrected chi connectivity index (χ4v) is 0.957. The van der Waals surface area contributed by atoms with Gasteiger partial charge in [0.05, 0.1) is 6.20 Å². The molecule has 0 fully saturated rings. The van der Waals surface area contributed by atoms with Gasteiger partial charge in [-0.05, 0) is 5.41 Å². The number of nitrogens with zero attached hydrogens (tertiary/aromatic N) is 1. The van der Waals surface area contributed by atoms with Crippen molar-refractivity contribution >= 4 is 0 Å². The van der Waals surface area contributed by atoms with Gasteiger partial charge in [0.1, 0.15) is 12.4 Å². The molecule has 0 bridgehead atoms. The molecule has 0 spiro atoms. The second-order valence-corrected chi connectivity index (χ2v) is 4.12. The van der Waals surface area contributed by atoms with Gasteiger partial charge in [0.2, 0.25) is 0 Å². The van der Waals surface area contributed by atoms with Gasteiger partial charge in [0.15, 0.2) is 5.89 Å². The van der Waals surface area contributed by atoms with Crippen LogP contribution in [0.5, 0.6) is 0 Å². The molecule has 68 valence electrons. The van der Waals surface area contributed by atoms with Gasteiger partial charge >= 0.3 is 0 Å². The minimum Gasteiger partial charge on any atom is -0.443 e. The first-order chi connectivity index (χ1) is 5.51. The molecule has 0 radical (unpaired) electrons. The maximum Gasteiger partial charge on any atom is 0.194 e. The van der Waals surface area contributed by atoms with E-state index in [9.17, 15) is 0 Å². The highest BCUT2D eigenvalue weighted by Crippen LogP contribution is 2.20. The van der Waals surface area contributed by atoms with Gasteiger partial charge in [-0.1, -0.05) is 20.8 Å². The first-order valence-corrected chi connectivity index (χ1v) is 4.06. The predicted molar refractivity (Wildman–Crippen MR) is 45.6 cm³/mol. The van der Waals surface area contributed by atoms with Crippen LogP contribution in [0.2, 0.25) is 0 Å². The van der Waals surface area contributed by atoms with Crippen molar-refractivity contribution in [3.8, 4) is 0 Å². The van der Waals surface area contributed by atoms with Crippen molar-refractivity contribution in [3.63, 3.8) is 0 Å². The lowest BCUT2D eigenvalue weighted by Crippen LogP contribution is -2.09. The summed E-state index contributed by atoms with van der Waals surface area (Å²) in [4.78, 5) is 4.05. The molecule has 0 aliphatic rings. The fourth-order valence-electron chi connectivity index (χ4n) is 0.957. The van der Waals surface area contributed by atoms with Gasteiger partial charge in [-0.3, -0.25) is 0 Å². The molecular weight excluding hydrogens is 154 g/mol. The Morgan fingerprint density at radius 1 is 1.50 bits per heavy atom. The molecule has 3 heteroatoms. The first-order valence-electron chi connectivity index (χ1n) is 4.06. The van der Waals surface area contributed by atoms with Crippen LogP contribution in [0.3, 0.4) is 0 Å². The van der Waals surface area contributed by atoms with E-state index >= 15 is 0 Å². The van der Waals surface area contributed by atoms with Crippen molar-refractivity contribution in [2.45, 2.75) is 33.8 Å². The molecular formula is C9H15NO2. The van der Waals surface area contributed by atoms with Crippen LogP contribution >= 0.6 is 0 Å². The topological polar surface area (TPSA) is 46.3 Å². The summed E-state index contributed by atoms with van der Waals surface area (Å²) in [6.07, 6.45) is 2.37. The Balaban J connectivity index is 2.64. The summed E-state index contributed by atoms with van der Waals surface area (Å²) in [5, 5.41) is 8.72. The smallest absolute Gasteiger partial charge is 0.194 e. The summed E-state index contributed by atoms with van der Waals surface area (Å²) in [5.74, 6) is 1.24. The van der Waals surface area contributed by atoms with E-state index in [-0.39, 0.29) is 12.0 Å². The van der Waals surface area contributed by atoms with Crippen LogP contribution in [0.15, 0.2) is 10.6 Å². The zero-order valence-electron chi connectivity index (χ0n) is 7.79. The van der Waals surface area contributed by atoms with E-state index < -0.39 is 0 Å². The van der Waals surface area contributed by atoms with Crippen molar-refractivity contribution in [2.24, 2.45) is 5.41 Å². The maximum absolute atomic E-state index is 8.72. The molecule has 1 aromatic rings. The van der Waals surface area contributed by atoms with Crippen LogP contribution in [-0.2, 0) is 13.0 Å². The summed E-state index contributed by atoms with van der Waals surface area (Å²) in [6, 6.07) is 0. The first kappa shape index (κ1) is 9.26. The number of hydrogen-bond acceptors (Lipinski definition) is 3. The Morgan fingerprint density at radius 2 is 2.17 bits per heavy atom. The Morgan fingerprint density at radius 3 is 2.58 bits per heavy atom. The maximum atomic E-state index is 8.72. The van der Waals surface area contributed by atoms with Crippen LogP contribution in [0.1, 0.15) is 32.4 Å². The van der Waals surface area contributed by atoms with E-state index in [1.165, 1.54) is 0 Å². The lowest BCUT2D eigenvalue weighted by molar-refractivity contribution is 0.238. The Hall–Kier alpha value is -0.830. The Labute approximate surface area is 72.4 Å². The molecule has 0 saturated heterocycles. The number of aromatic nitrogens is 1. The van der Waals surface area contributed by atoms with E-state index in [2.05, 4.69) is 25.8 Å². The van der Waals surface area contributed by atoms with Crippen LogP contribution in [0.4, 0.5) is 0 Å². The number of oxazole rings is 1. The van der Waals surface area contributed by atoms with E-state index in [1.807, 2.05) is 0 Å². The lowest BCUT2D eigenvalue weighted by atomic mass is 9.92. The zero-order valence-corrected chi connectivity index (χ0v) is 7.79. The van der Waals surface area contributed by atoms with Crippen molar-refractivity contribution in [3.05, 3.63) is 17.8 Å². The third-order valence-electron chi connectivity index (χ3n) is 1.44. The molecule has 0 atom stereocenters. The monoisotopic (exact) mass is 169 g/mol. The van der Waals surface area contributed by atoms with E-state index in [4.69, 9.17) is 9.52 Å². The molecule has 0 saturated carbocycles. The second-order valence-electron chi connectivity index (χ2n) is 4.12. The number of rotatable bonds is 2. The summed E-state index contributed by atoms with van der Waals surface area (Å²) >= 11 is 0. The standard InChI is InChI=1S/C9H15NO2/c1-9(2,3)4-8-10-5-7(6-11)12-8/h5,11H,4,6H2,1-3H3. The molecule has 0 unspecified atom stereocenters. The average Bonchev–Trinajstić information content (AvgIpc) is 2.32. The molecule has 12 heavy (non-hydrogen) atoms. The fraction of sp³-hybridized carbons (Fsp3) is 0.667. The highest BCUT2D eigenvalue weighted by Gasteiger charge is 2.14. The molecule has 1 N–H and O–H groups in total. The predicted octanol–water partition coefficient (Wildman–Crippen LogP) is 1.76. The molecule has 0 amide bonds. The van der Waals surface area contributed by atoms with Crippen LogP contribution < -0.4 is 0 Å². The van der Waals surface area contributed by atoms with Crippen molar-refractivity contribution in [1.29, 1.82) is 0 Å². The quantitative estimate of drug-likeness (QED) is 0.733. The summed E-state index contributed by atoms with van der Waals surface area (Å²) in [5.41, 5.74) is 0.178. The normalized spacial score (nSPS) is 12.0. The Bertz CT molecular complexity index is 247. The van der Waals surface area contributed by atoms with Gasteiger partial charge in [-0.2, -0.15) is 0 Å². The second kappa shape index (κ2) is 3.27. The van der Waals surface area contributed by atoms with Gasteiger partial charge in [0.25, 0.3) is 0 Å². The molecule has 1 heterocycles. The third-order valence-corrected chi connectivity index (χ3v) is 1.44. The summed E-state index contributed by atoms with van der Waals surface area (Å²) in [7, 11) is 0. The summed E-state index contributed by atoms with van der Waals surface area (Å²) < 4.78 is 5.25. The highest BCUT2D eigenvalue weighted by molar-refractivity contribution is 4.94. The highest BCUT2D eigenvalue weighted by atomic mass is 16.4. The molecule has 1 aromatic heterocycles. The van der Waals surface area contributed by atoms with Crippen LogP contribution in [-0.4, -0.2) is 10.1 Å². The third kappa shape index (κ3) is 2.66.